The number of ether oxygens (including phenoxy) is 2. The van der Waals surface area contributed by atoms with E-state index in [9.17, 15) is 13.2 Å². The van der Waals surface area contributed by atoms with E-state index in [1.165, 1.54) is 10.4 Å². The van der Waals surface area contributed by atoms with E-state index in [4.69, 9.17) is 21.1 Å². The number of benzene rings is 2. The summed E-state index contributed by atoms with van der Waals surface area (Å²) in [4.78, 5) is 14.2. The first kappa shape index (κ1) is 20.7. The first-order valence-corrected chi connectivity index (χ1v) is 11.5. The molecule has 2 aromatic rings. The molecular formula is C21H21ClN2O5S. The van der Waals surface area contributed by atoms with Crippen molar-refractivity contribution in [3.8, 4) is 11.5 Å². The fourth-order valence-electron chi connectivity index (χ4n) is 3.42. The highest BCUT2D eigenvalue weighted by Crippen LogP contribution is 2.40. The summed E-state index contributed by atoms with van der Waals surface area (Å²) in [7, 11) is -3.41. The number of sulfonamides is 1. The number of carbonyl (C=O) groups excluding carboxylic acids is 1. The van der Waals surface area contributed by atoms with Crippen molar-refractivity contribution in [3.63, 3.8) is 0 Å². The number of carbonyl (C=O) groups is 1. The predicted molar refractivity (Wildman–Crippen MR) is 114 cm³/mol. The van der Waals surface area contributed by atoms with Crippen molar-refractivity contribution in [3.05, 3.63) is 64.7 Å². The summed E-state index contributed by atoms with van der Waals surface area (Å²) in [5.41, 5.74) is 1.48. The van der Waals surface area contributed by atoms with Gasteiger partial charge < -0.3 is 14.4 Å². The summed E-state index contributed by atoms with van der Waals surface area (Å²) in [5, 5.41) is 0.425. The highest BCUT2D eigenvalue weighted by molar-refractivity contribution is 7.88. The Bertz CT molecular complexity index is 1060. The molecule has 1 fully saturated rings. The lowest BCUT2D eigenvalue weighted by Crippen LogP contribution is -2.50. The summed E-state index contributed by atoms with van der Waals surface area (Å²) in [6.07, 6.45) is 3.12. The Labute approximate surface area is 180 Å². The third-order valence-corrected chi connectivity index (χ3v) is 7.13. The Morgan fingerprint density at radius 2 is 1.80 bits per heavy atom. The zero-order valence-electron chi connectivity index (χ0n) is 16.2. The van der Waals surface area contributed by atoms with Gasteiger partial charge in [-0.1, -0.05) is 41.9 Å². The van der Waals surface area contributed by atoms with Crippen LogP contribution in [0.25, 0.3) is 6.08 Å². The van der Waals surface area contributed by atoms with E-state index in [1.54, 1.807) is 35.2 Å². The van der Waals surface area contributed by atoms with E-state index in [0.717, 1.165) is 11.1 Å². The minimum atomic E-state index is -3.41. The molecule has 0 atom stereocenters. The Kier molecular flexibility index (Phi) is 5.99. The fraction of sp³-hybridized carbons (Fsp3) is 0.286. The van der Waals surface area contributed by atoms with Gasteiger partial charge in [-0.05, 0) is 29.3 Å². The number of halogens is 1. The smallest absolute Gasteiger partial charge is 0.246 e. The SMILES string of the molecule is O=C(/C=C/c1cc(Cl)c2c(c1)OCO2)N1CCN(S(=O)(=O)Cc2ccccc2)CC1. The van der Waals surface area contributed by atoms with Crippen LogP contribution in [0.15, 0.2) is 48.5 Å². The fourth-order valence-corrected chi connectivity index (χ4v) is 5.21. The van der Waals surface area contributed by atoms with Crippen molar-refractivity contribution in [1.29, 1.82) is 0 Å². The molecule has 0 N–H and O–H groups in total. The molecule has 30 heavy (non-hydrogen) atoms. The molecule has 2 aliphatic rings. The number of amides is 1. The maximum atomic E-state index is 12.6. The Morgan fingerprint density at radius 1 is 1.07 bits per heavy atom. The second-order valence-corrected chi connectivity index (χ2v) is 9.41. The van der Waals surface area contributed by atoms with Gasteiger partial charge in [0.15, 0.2) is 11.5 Å². The van der Waals surface area contributed by atoms with E-state index >= 15 is 0 Å². The first-order chi connectivity index (χ1) is 14.4. The van der Waals surface area contributed by atoms with E-state index < -0.39 is 10.0 Å². The van der Waals surface area contributed by atoms with Crippen molar-refractivity contribution < 1.29 is 22.7 Å². The van der Waals surface area contributed by atoms with E-state index in [-0.39, 0.29) is 31.5 Å². The lowest BCUT2D eigenvalue weighted by molar-refractivity contribution is -0.127. The standard InChI is InChI=1S/C21H21ClN2O5S/c22-18-12-17(13-19-21(18)29-15-28-19)6-7-20(25)23-8-10-24(11-9-23)30(26,27)14-16-4-2-1-3-5-16/h1-7,12-13H,8-11,14-15H2/b7-6+. The summed E-state index contributed by atoms with van der Waals surface area (Å²) < 4.78 is 37.3. The zero-order valence-corrected chi connectivity index (χ0v) is 17.7. The largest absolute Gasteiger partial charge is 0.454 e. The Hall–Kier alpha value is -2.55. The zero-order chi connectivity index (χ0) is 21.1. The number of nitrogens with zero attached hydrogens (tertiary/aromatic N) is 2. The number of hydrogen-bond acceptors (Lipinski definition) is 5. The topological polar surface area (TPSA) is 76.2 Å². The molecule has 0 aliphatic carbocycles. The molecule has 2 aromatic carbocycles. The van der Waals surface area contributed by atoms with Gasteiger partial charge in [-0.3, -0.25) is 4.79 Å². The average Bonchev–Trinajstić information content (AvgIpc) is 3.22. The van der Waals surface area contributed by atoms with Gasteiger partial charge in [-0.15, -0.1) is 0 Å². The monoisotopic (exact) mass is 448 g/mol. The molecule has 2 aliphatic heterocycles. The maximum absolute atomic E-state index is 12.6. The van der Waals surface area contributed by atoms with Gasteiger partial charge >= 0.3 is 0 Å². The normalized spacial score (nSPS) is 16.9. The number of fused-ring (bicyclic) bond motifs is 1. The third kappa shape index (κ3) is 4.61. The highest BCUT2D eigenvalue weighted by atomic mass is 35.5. The molecule has 0 unspecified atom stereocenters. The third-order valence-electron chi connectivity index (χ3n) is 5.00. The highest BCUT2D eigenvalue weighted by Gasteiger charge is 2.28. The molecule has 0 aromatic heterocycles. The Balaban J connectivity index is 1.34. The first-order valence-electron chi connectivity index (χ1n) is 9.50. The lowest BCUT2D eigenvalue weighted by Gasteiger charge is -2.33. The summed E-state index contributed by atoms with van der Waals surface area (Å²) >= 11 is 6.16. The second kappa shape index (κ2) is 8.67. The van der Waals surface area contributed by atoms with Crippen LogP contribution in [0.3, 0.4) is 0 Å². The van der Waals surface area contributed by atoms with Crippen molar-refractivity contribution in [2.75, 3.05) is 33.0 Å². The van der Waals surface area contributed by atoms with E-state index in [1.807, 2.05) is 18.2 Å². The van der Waals surface area contributed by atoms with Gasteiger partial charge in [0.05, 0.1) is 10.8 Å². The number of piperazine rings is 1. The molecule has 1 saturated heterocycles. The minimum absolute atomic E-state index is 0.0352. The molecule has 7 nitrogen and oxygen atoms in total. The van der Waals surface area contributed by atoms with Crippen LogP contribution in [0.1, 0.15) is 11.1 Å². The van der Waals surface area contributed by atoms with E-state index in [0.29, 0.717) is 29.6 Å². The molecule has 0 bridgehead atoms. The molecule has 0 saturated carbocycles. The van der Waals surface area contributed by atoms with Crippen LogP contribution in [0.5, 0.6) is 11.5 Å². The molecular weight excluding hydrogens is 428 g/mol. The van der Waals surface area contributed by atoms with Crippen LogP contribution in [-0.2, 0) is 20.6 Å². The lowest BCUT2D eigenvalue weighted by atomic mass is 10.2. The predicted octanol–water partition coefficient (Wildman–Crippen LogP) is 2.76. The van der Waals surface area contributed by atoms with Crippen molar-refractivity contribution in [2.45, 2.75) is 5.75 Å². The maximum Gasteiger partial charge on any atom is 0.246 e. The van der Waals surface area contributed by atoms with Crippen molar-refractivity contribution in [1.82, 2.24) is 9.21 Å². The van der Waals surface area contributed by atoms with Gasteiger partial charge in [-0.25, -0.2) is 8.42 Å². The summed E-state index contributed by atoms with van der Waals surface area (Å²) in [6, 6.07) is 12.5. The molecule has 0 spiro atoms. The van der Waals surface area contributed by atoms with Gasteiger partial charge in [-0.2, -0.15) is 4.31 Å². The van der Waals surface area contributed by atoms with Gasteiger partial charge in [0.2, 0.25) is 22.7 Å². The van der Waals surface area contributed by atoms with Gasteiger partial charge in [0, 0.05) is 32.3 Å². The molecule has 9 heteroatoms. The van der Waals surface area contributed by atoms with Crippen LogP contribution in [0.4, 0.5) is 0 Å². The van der Waals surface area contributed by atoms with Crippen LogP contribution in [0.2, 0.25) is 5.02 Å². The number of hydrogen-bond donors (Lipinski definition) is 0. The van der Waals surface area contributed by atoms with Crippen LogP contribution >= 0.6 is 11.6 Å². The number of rotatable bonds is 5. The minimum Gasteiger partial charge on any atom is -0.454 e. The average molecular weight is 449 g/mol. The molecule has 1 amide bonds. The van der Waals surface area contributed by atoms with Crippen LogP contribution in [0, 0.1) is 0 Å². The van der Waals surface area contributed by atoms with Crippen LogP contribution < -0.4 is 9.47 Å². The molecule has 2 heterocycles. The Morgan fingerprint density at radius 3 is 2.53 bits per heavy atom. The molecule has 4 rings (SSSR count). The summed E-state index contributed by atoms with van der Waals surface area (Å²) in [5.74, 6) is 0.843. The summed E-state index contributed by atoms with van der Waals surface area (Å²) in [6.45, 7) is 1.38. The van der Waals surface area contributed by atoms with E-state index in [2.05, 4.69) is 0 Å². The second-order valence-electron chi connectivity index (χ2n) is 7.04. The molecule has 0 radical (unpaired) electrons. The molecule has 158 valence electrons. The van der Waals surface area contributed by atoms with Gasteiger partial charge in [0.1, 0.15) is 0 Å². The quantitative estimate of drug-likeness (QED) is 0.657. The van der Waals surface area contributed by atoms with Gasteiger partial charge in [0.25, 0.3) is 0 Å². The van der Waals surface area contributed by atoms with Crippen molar-refractivity contribution in [2.24, 2.45) is 0 Å². The van der Waals surface area contributed by atoms with Crippen LogP contribution in [-0.4, -0.2) is 56.5 Å². The van der Waals surface area contributed by atoms with Crippen molar-refractivity contribution >= 4 is 33.6 Å².